The number of benzene rings is 2. The fraction of sp³-hybridized carbons (Fsp3) is 0.294. The molecule has 0 radical (unpaired) electrons. The molecule has 2 aromatic rings. The molecule has 17 heavy (non-hydrogen) atoms. The molecule has 0 N–H and O–H groups in total. The second-order valence-electron chi connectivity index (χ2n) is 4.97. The van der Waals surface area contributed by atoms with Gasteiger partial charge < -0.3 is 0 Å². The summed E-state index contributed by atoms with van der Waals surface area (Å²) in [5, 5.41) is 2.68. The van der Waals surface area contributed by atoms with Crippen molar-refractivity contribution in [3.05, 3.63) is 53.6 Å². The molecule has 0 spiro atoms. The van der Waals surface area contributed by atoms with E-state index in [0.29, 0.717) is 0 Å². The van der Waals surface area contributed by atoms with Gasteiger partial charge in [-0.15, -0.1) is 0 Å². The standard InChI is InChI=1S/C17H18/c1-2-6-14(7-3-1)12-15-10-11-16-8-4-5-9-17(16)13-15/h4-5,8-13H,1-3,6-7H2. The van der Waals surface area contributed by atoms with Gasteiger partial charge in [-0.25, -0.2) is 0 Å². The van der Waals surface area contributed by atoms with Gasteiger partial charge >= 0.3 is 0 Å². The van der Waals surface area contributed by atoms with Crippen LogP contribution < -0.4 is 0 Å². The van der Waals surface area contributed by atoms with Crippen LogP contribution in [0.3, 0.4) is 0 Å². The van der Waals surface area contributed by atoms with Crippen LogP contribution in [-0.2, 0) is 0 Å². The highest BCUT2D eigenvalue weighted by Gasteiger charge is 2.05. The maximum absolute atomic E-state index is 2.39. The monoisotopic (exact) mass is 222 g/mol. The molecule has 0 bridgehead atoms. The predicted molar refractivity (Wildman–Crippen MR) is 75.0 cm³/mol. The molecular formula is C17H18. The van der Waals surface area contributed by atoms with Gasteiger partial charge in [-0.05, 0) is 48.1 Å². The Balaban J connectivity index is 1.95. The van der Waals surface area contributed by atoms with Gasteiger partial charge in [0.2, 0.25) is 0 Å². The first-order valence-corrected chi connectivity index (χ1v) is 6.60. The van der Waals surface area contributed by atoms with Gasteiger partial charge in [-0.1, -0.05) is 54.5 Å². The topological polar surface area (TPSA) is 0 Å². The molecule has 1 aliphatic rings. The van der Waals surface area contributed by atoms with Crippen LogP contribution in [0.25, 0.3) is 16.8 Å². The quantitative estimate of drug-likeness (QED) is 0.623. The molecule has 0 atom stereocenters. The summed E-state index contributed by atoms with van der Waals surface area (Å²) in [5.41, 5.74) is 2.99. The van der Waals surface area contributed by atoms with Gasteiger partial charge in [0.05, 0.1) is 0 Å². The fourth-order valence-electron chi connectivity index (χ4n) is 2.68. The lowest BCUT2D eigenvalue weighted by Gasteiger charge is -2.13. The van der Waals surface area contributed by atoms with Crippen molar-refractivity contribution in [1.29, 1.82) is 0 Å². The molecule has 3 rings (SSSR count). The van der Waals surface area contributed by atoms with E-state index in [9.17, 15) is 0 Å². The minimum Gasteiger partial charge on any atom is -0.0696 e. The Hall–Kier alpha value is -1.56. The normalized spacial score (nSPS) is 16.1. The Labute approximate surface area is 103 Å². The van der Waals surface area contributed by atoms with Gasteiger partial charge in [-0.3, -0.25) is 0 Å². The van der Waals surface area contributed by atoms with Crippen LogP contribution in [0.15, 0.2) is 48.0 Å². The molecule has 1 aliphatic carbocycles. The summed E-state index contributed by atoms with van der Waals surface area (Å²) in [5.74, 6) is 0. The lowest BCUT2D eigenvalue weighted by molar-refractivity contribution is 0.602. The minimum atomic E-state index is 1.30. The van der Waals surface area contributed by atoms with E-state index in [1.807, 2.05) is 0 Å². The largest absolute Gasteiger partial charge is 0.0696 e. The Bertz CT molecular complexity index is 541. The number of hydrogen-bond acceptors (Lipinski definition) is 0. The van der Waals surface area contributed by atoms with Gasteiger partial charge in [0.1, 0.15) is 0 Å². The van der Waals surface area contributed by atoms with Gasteiger partial charge in [0, 0.05) is 0 Å². The Morgan fingerprint density at radius 1 is 0.765 bits per heavy atom. The molecule has 0 nitrogen and oxygen atoms in total. The van der Waals surface area contributed by atoms with E-state index in [1.54, 1.807) is 5.57 Å². The van der Waals surface area contributed by atoms with E-state index < -0.39 is 0 Å². The Kier molecular flexibility index (Phi) is 2.96. The number of hydrogen-bond donors (Lipinski definition) is 0. The van der Waals surface area contributed by atoms with Crippen molar-refractivity contribution >= 4 is 16.8 Å². The lowest BCUT2D eigenvalue weighted by Crippen LogP contribution is -1.93. The first kappa shape index (κ1) is 10.6. The third-order valence-corrected chi connectivity index (χ3v) is 3.64. The van der Waals surface area contributed by atoms with Crippen LogP contribution in [0.5, 0.6) is 0 Å². The molecule has 0 heteroatoms. The summed E-state index contributed by atoms with van der Waals surface area (Å²) in [6.45, 7) is 0. The van der Waals surface area contributed by atoms with E-state index in [0.717, 1.165) is 0 Å². The molecule has 0 unspecified atom stereocenters. The van der Waals surface area contributed by atoms with Crippen LogP contribution >= 0.6 is 0 Å². The molecule has 0 aromatic heterocycles. The molecule has 0 saturated heterocycles. The van der Waals surface area contributed by atoms with E-state index in [1.165, 1.54) is 48.4 Å². The molecule has 0 aliphatic heterocycles. The Morgan fingerprint density at radius 3 is 2.35 bits per heavy atom. The van der Waals surface area contributed by atoms with E-state index >= 15 is 0 Å². The average molecular weight is 222 g/mol. The van der Waals surface area contributed by atoms with E-state index in [4.69, 9.17) is 0 Å². The van der Waals surface area contributed by atoms with Crippen LogP contribution in [0, 0.1) is 0 Å². The first-order chi connectivity index (χ1) is 8.42. The maximum atomic E-state index is 2.39. The van der Waals surface area contributed by atoms with Crippen molar-refractivity contribution in [2.75, 3.05) is 0 Å². The van der Waals surface area contributed by atoms with Crippen molar-refractivity contribution < 1.29 is 0 Å². The molecule has 0 heterocycles. The molecule has 1 fully saturated rings. The molecule has 2 aromatic carbocycles. The molecular weight excluding hydrogens is 204 g/mol. The van der Waals surface area contributed by atoms with Crippen LogP contribution in [0.1, 0.15) is 37.7 Å². The fourth-order valence-corrected chi connectivity index (χ4v) is 2.68. The second kappa shape index (κ2) is 4.75. The van der Waals surface area contributed by atoms with Crippen molar-refractivity contribution in [3.63, 3.8) is 0 Å². The molecule has 0 amide bonds. The smallest absolute Gasteiger partial charge is 0.0178 e. The summed E-state index contributed by atoms with van der Waals surface area (Å²) in [7, 11) is 0. The van der Waals surface area contributed by atoms with Crippen molar-refractivity contribution in [2.45, 2.75) is 32.1 Å². The van der Waals surface area contributed by atoms with Crippen LogP contribution in [0.4, 0.5) is 0 Å². The Morgan fingerprint density at radius 2 is 1.53 bits per heavy atom. The van der Waals surface area contributed by atoms with Crippen LogP contribution in [0.2, 0.25) is 0 Å². The van der Waals surface area contributed by atoms with Crippen molar-refractivity contribution in [1.82, 2.24) is 0 Å². The number of fused-ring (bicyclic) bond motifs is 1. The third-order valence-electron chi connectivity index (χ3n) is 3.64. The molecule has 1 saturated carbocycles. The van der Waals surface area contributed by atoms with Crippen molar-refractivity contribution in [2.24, 2.45) is 0 Å². The first-order valence-electron chi connectivity index (χ1n) is 6.60. The SMILES string of the molecule is C(=C1CCCCC1)c1ccc2ccccc2c1. The summed E-state index contributed by atoms with van der Waals surface area (Å²) >= 11 is 0. The third kappa shape index (κ3) is 2.41. The summed E-state index contributed by atoms with van der Waals surface area (Å²) < 4.78 is 0. The highest BCUT2D eigenvalue weighted by atomic mass is 14.1. The van der Waals surface area contributed by atoms with E-state index in [2.05, 4.69) is 48.5 Å². The number of allylic oxidation sites excluding steroid dienone is 1. The average Bonchev–Trinajstić information content (AvgIpc) is 2.40. The highest BCUT2D eigenvalue weighted by Crippen LogP contribution is 2.26. The lowest BCUT2D eigenvalue weighted by atomic mass is 9.93. The second-order valence-corrected chi connectivity index (χ2v) is 4.97. The summed E-state index contributed by atoms with van der Waals surface area (Å²) in [6.07, 6.45) is 9.15. The van der Waals surface area contributed by atoms with Gasteiger partial charge in [0.25, 0.3) is 0 Å². The zero-order valence-corrected chi connectivity index (χ0v) is 10.2. The predicted octanol–water partition coefficient (Wildman–Crippen LogP) is 5.19. The van der Waals surface area contributed by atoms with E-state index in [-0.39, 0.29) is 0 Å². The summed E-state index contributed by atoms with van der Waals surface area (Å²) in [6, 6.07) is 15.3. The highest BCUT2D eigenvalue weighted by molar-refractivity contribution is 5.84. The summed E-state index contributed by atoms with van der Waals surface area (Å²) in [4.78, 5) is 0. The zero-order chi connectivity index (χ0) is 11.5. The minimum absolute atomic E-state index is 1.30. The molecule has 86 valence electrons. The number of rotatable bonds is 1. The van der Waals surface area contributed by atoms with Crippen molar-refractivity contribution in [3.8, 4) is 0 Å². The van der Waals surface area contributed by atoms with Crippen LogP contribution in [-0.4, -0.2) is 0 Å². The zero-order valence-electron chi connectivity index (χ0n) is 10.2. The van der Waals surface area contributed by atoms with Gasteiger partial charge in [0.15, 0.2) is 0 Å². The van der Waals surface area contributed by atoms with Gasteiger partial charge in [-0.2, -0.15) is 0 Å². The maximum Gasteiger partial charge on any atom is -0.0178 e.